The zero-order chi connectivity index (χ0) is 14.8. The highest BCUT2D eigenvalue weighted by Crippen LogP contribution is 2.38. The summed E-state index contributed by atoms with van der Waals surface area (Å²) in [7, 11) is 0. The Kier molecular flexibility index (Phi) is 4.08. The fraction of sp³-hybridized carbons (Fsp3) is 0.188. The molecule has 0 aromatic heterocycles. The summed E-state index contributed by atoms with van der Waals surface area (Å²) >= 11 is 7.66. The van der Waals surface area contributed by atoms with Crippen LogP contribution in [0.2, 0.25) is 5.02 Å². The summed E-state index contributed by atoms with van der Waals surface area (Å²) in [5, 5.41) is 3.94. The molecule has 1 aliphatic heterocycles. The average Bonchev–Trinajstić information content (AvgIpc) is 2.48. The number of nitrogens with one attached hydrogen (secondary N) is 1. The van der Waals surface area contributed by atoms with Crippen molar-refractivity contribution in [2.75, 3.05) is 16.8 Å². The molecule has 21 heavy (non-hydrogen) atoms. The molecule has 2 aromatic rings. The lowest BCUT2D eigenvalue weighted by Crippen LogP contribution is -2.41. The van der Waals surface area contributed by atoms with Crippen molar-refractivity contribution in [1.29, 1.82) is 0 Å². The van der Waals surface area contributed by atoms with Crippen LogP contribution in [0.25, 0.3) is 0 Å². The molecule has 0 aliphatic carbocycles. The maximum Gasteiger partial charge on any atom is 0.326 e. The Hall–Kier alpha value is -1.65. The predicted octanol–water partition coefficient (Wildman–Crippen LogP) is 4.87. The molecule has 108 valence electrons. The molecule has 5 heteroatoms. The molecule has 0 saturated heterocycles. The number of hydrogen-bond donors (Lipinski definition) is 1. The number of halogens is 1. The van der Waals surface area contributed by atoms with Crippen LogP contribution in [0.3, 0.4) is 0 Å². The maximum atomic E-state index is 12.5. The molecule has 2 aromatic carbocycles. The van der Waals surface area contributed by atoms with E-state index in [-0.39, 0.29) is 6.03 Å². The molecule has 3 rings (SSSR count). The van der Waals surface area contributed by atoms with Crippen LogP contribution in [-0.2, 0) is 0 Å². The van der Waals surface area contributed by atoms with E-state index in [2.05, 4.69) is 18.3 Å². The van der Waals surface area contributed by atoms with Crippen LogP contribution in [0, 0.1) is 0 Å². The van der Waals surface area contributed by atoms with Gasteiger partial charge in [0.1, 0.15) is 0 Å². The minimum Gasteiger partial charge on any atom is -0.308 e. The lowest BCUT2D eigenvalue weighted by molar-refractivity contribution is 0.256. The van der Waals surface area contributed by atoms with Gasteiger partial charge in [-0.05, 0) is 36.4 Å². The second-order valence-electron chi connectivity index (χ2n) is 4.94. The summed E-state index contributed by atoms with van der Waals surface area (Å²) in [6, 6.07) is 15.0. The number of urea groups is 1. The number of hydrogen-bond acceptors (Lipinski definition) is 2. The Balaban J connectivity index is 1.83. The molecule has 0 bridgehead atoms. The second kappa shape index (κ2) is 6.00. The molecule has 0 saturated carbocycles. The topological polar surface area (TPSA) is 32.3 Å². The Morgan fingerprint density at radius 3 is 2.71 bits per heavy atom. The van der Waals surface area contributed by atoms with Crippen molar-refractivity contribution >= 4 is 40.8 Å². The highest BCUT2D eigenvalue weighted by atomic mass is 35.5. The van der Waals surface area contributed by atoms with Gasteiger partial charge in [-0.15, -0.1) is 11.8 Å². The standard InChI is InChI=1S/C16H15ClN2OS/c1-11-10-19(14-4-2-3-5-15(14)21-11)16(20)18-13-8-6-12(17)7-9-13/h2-9,11H,10H2,1H3,(H,18,20)/t11-/m0/s1. The first-order chi connectivity index (χ1) is 10.1. The van der Waals surface area contributed by atoms with Crippen LogP contribution in [0.5, 0.6) is 0 Å². The highest BCUT2D eigenvalue weighted by molar-refractivity contribution is 8.00. The Labute approximate surface area is 133 Å². The Bertz CT molecular complexity index is 660. The van der Waals surface area contributed by atoms with Crippen LogP contribution in [0.15, 0.2) is 53.4 Å². The van der Waals surface area contributed by atoms with Gasteiger partial charge in [0.05, 0.1) is 5.69 Å². The van der Waals surface area contributed by atoms with Crippen LogP contribution in [-0.4, -0.2) is 17.8 Å². The van der Waals surface area contributed by atoms with Gasteiger partial charge in [0.2, 0.25) is 0 Å². The molecule has 2 amide bonds. The molecule has 3 nitrogen and oxygen atoms in total. The van der Waals surface area contributed by atoms with Crippen molar-refractivity contribution in [3.8, 4) is 0 Å². The Morgan fingerprint density at radius 1 is 1.24 bits per heavy atom. The van der Waals surface area contributed by atoms with E-state index in [9.17, 15) is 4.79 Å². The zero-order valence-electron chi connectivity index (χ0n) is 11.5. The van der Waals surface area contributed by atoms with Gasteiger partial charge in [-0.1, -0.05) is 30.7 Å². The molecule has 0 spiro atoms. The number of carbonyl (C=O) groups excluding carboxylic acids is 1. The van der Waals surface area contributed by atoms with Gasteiger partial charge in [0.15, 0.2) is 0 Å². The number of thioether (sulfide) groups is 1. The van der Waals surface area contributed by atoms with Gasteiger partial charge in [0, 0.05) is 27.4 Å². The number of rotatable bonds is 1. The van der Waals surface area contributed by atoms with Gasteiger partial charge < -0.3 is 5.32 Å². The molecule has 1 aliphatic rings. The van der Waals surface area contributed by atoms with E-state index in [0.29, 0.717) is 16.8 Å². The molecule has 0 fully saturated rings. The first-order valence-corrected chi connectivity index (χ1v) is 7.99. The summed E-state index contributed by atoms with van der Waals surface area (Å²) in [5.74, 6) is 0. The van der Waals surface area contributed by atoms with Gasteiger partial charge in [-0.25, -0.2) is 4.79 Å². The number of amides is 2. The first kappa shape index (κ1) is 14.3. The van der Waals surface area contributed by atoms with Crippen molar-refractivity contribution in [2.24, 2.45) is 0 Å². The van der Waals surface area contributed by atoms with Crippen molar-refractivity contribution < 1.29 is 4.79 Å². The van der Waals surface area contributed by atoms with Gasteiger partial charge in [-0.2, -0.15) is 0 Å². The van der Waals surface area contributed by atoms with Gasteiger partial charge in [0.25, 0.3) is 0 Å². The third-order valence-electron chi connectivity index (χ3n) is 3.26. The minimum absolute atomic E-state index is 0.114. The average molecular weight is 319 g/mol. The monoisotopic (exact) mass is 318 g/mol. The lowest BCUT2D eigenvalue weighted by atomic mass is 10.2. The first-order valence-electron chi connectivity index (χ1n) is 6.73. The van der Waals surface area contributed by atoms with E-state index in [1.165, 1.54) is 0 Å². The predicted molar refractivity (Wildman–Crippen MR) is 89.6 cm³/mol. The molecule has 1 atom stereocenters. The van der Waals surface area contributed by atoms with Crippen molar-refractivity contribution in [2.45, 2.75) is 17.1 Å². The third-order valence-corrected chi connectivity index (χ3v) is 4.67. The SMILES string of the molecule is C[C@H]1CN(C(=O)Nc2ccc(Cl)cc2)c2ccccc2S1. The molecular formula is C16H15ClN2OS. The molecular weight excluding hydrogens is 304 g/mol. The third kappa shape index (κ3) is 3.17. The van der Waals surface area contributed by atoms with E-state index >= 15 is 0 Å². The second-order valence-corrected chi connectivity index (χ2v) is 6.86. The van der Waals surface area contributed by atoms with Crippen LogP contribution in [0.1, 0.15) is 6.92 Å². The molecule has 1 N–H and O–H groups in total. The smallest absolute Gasteiger partial charge is 0.308 e. The molecule has 1 heterocycles. The number of nitrogens with zero attached hydrogens (tertiary/aromatic N) is 1. The highest BCUT2D eigenvalue weighted by Gasteiger charge is 2.26. The summed E-state index contributed by atoms with van der Waals surface area (Å²) in [6.45, 7) is 2.82. The summed E-state index contributed by atoms with van der Waals surface area (Å²) in [4.78, 5) is 15.5. The van der Waals surface area contributed by atoms with Crippen molar-refractivity contribution in [1.82, 2.24) is 0 Å². The summed E-state index contributed by atoms with van der Waals surface area (Å²) in [6.07, 6.45) is 0. The number of para-hydroxylation sites is 1. The number of benzene rings is 2. The van der Waals surface area contributed by atoms with Gasteiger partial charge in [-0.3, -0.25) is 4.90 Å². The number of anilines is 2. The van der Waals surface area contributed by atoms with Crippen molar-refractivity contribution in [3.63, 3.8) is 0 Å². The fourth-order valence-corrected chi connectivity index (χ4v) is 3.54. The van der Waals surface area contributed by atoms with E-state index in [1.54, 1.807) is 40.9 Å². The lowest BCUT2D eigenvalue weighted by Gasteiger charge is -2.32. The Morgan fingerprint density at radius 2 is 1.95 bits per heavy atom. The zero-order valence-corrected chi connectivity index (χ0v) is 13.1. The quantitative estimate of drug-likeness (QED) is 0.813. The van der Waals surface area contributed by atoms with E-state index in [1.807, 2.05) is 18.2 Å². The normalized spacial score (nSPS) is 17.2. The molecule has 0 unspecified atom stereocenters. The summed E-state index contributed by atoms with van der Waals surface area (Å²) in [5.41, 5.74) is 1.71. The van der Waals surface area contributed by atoms with Crippen LogP contribution in [0.4, 0.5) is 16.2 Å². The largest absolute Gasteiger partial charge is 0.326 e. The van der Waals surface area contributed by atoms with E-state index in [0.717, 1.165) is 16.3 Å². The van der Waals surface area contributed by atoms with Gasteiger partial charge >= 0.3 is 6.03 Å². The van der Waals surface area contributed by atoms with E-state index < -0.39 is 0 Å². The fourth-order valence-electron chi connectivity index (χ4n) is 2.31. The van der Waals surface area contributed by atoms with Crippen LogP contribution >= 0.6 is 23.4 Å². The number of fused-ring (bicyclic) bond motifs is 1. The summed E-state index contributed by atoms with van der Waals surface area (Å²) < 4.78 is 0. The van der Waals surface area contributed by atoms with E-state index in [4.69, 9.17) is 11.6 Å². The van der Waals surface area contributed by atoms with Crippen molar-refractivity contribution in [3.05, 3.63) is 53.6 Å². The minimum atomic E-state index is -0.114. The molecule has 0 radical (unpaired) electrons. The number of carbonyl (C=O) groups is 1. The maximum absolute atomic E-state index is 12.5. The van der Waals surface area contributed by atoms with Crippen LogP contribution < -0.4 is 10.2 Å².